The van der Waals surface area contributed by atoms with Crippen LogP contribution in [0.15, 0.2) is 73.1 Å². The number of aryl methyl sites for hydroxylation is 1. The van der Waals surface area contributed by atoms with Crippen LogP contribution >= 0.6 is 0 Å². The third kappa shape index (κ3) is 5.39. The molecule has 0 saturated carbocycles. The molecule has 0 aliphatic carbocycles. The molecule has 0 atom stereocenters. The van der Waals surface area contributed by atoms with E-state index in [9.17, 15) is 4.79 Å². The Bertz CT molecular complexity index is 1180. The second-order valence-electron chi connectivity index (χ2n) is 6.73. The normalized spacial score (nSPS) is 10.4. The Morgan fingerprint density at radius 1 is 0.969 bits per heavy atom. The van der Waals surface area contributed by atoms with E-state index in [0.29, 0.717) is 41.3 Å². The van der Waals surface area contributed by atoms with E-state index in [4.69, 9.17) is 9.47 Å². The molecule has 0 fully saturated rings. The summed E-state index contributed by atoms with van der Waals surface area (Å²) in [6, 6.07) is 17.3. The summed E-state index contributed by atoms with van der Waals surface area (Å²) in [5.41, 5.74) is 1.29. The number of hydrogen-bond acceptors (Lipinski definition) is 6. The average molecular weight is 430 g/mol. The lowest BCUT2D eigenvalue weighted by atomic mass is 10.3. The van der Waals surface area contributed by atoms with Crippen LogP contribution in [0.2, 0.25) is 0 Å². The molecule has 4 rings (SSSR count). The summed E-state index contributed by atoms with van der Waals surface area (Å²) in [6.45, 7) is 4.30. The Kier molecular flexibility index (Phi) is 6.26. The molecular formula is C23H22N6O3. The molecule has 2 amide bonds. The number of carbonyl (C=O) groups excluding carboxylic acids is 1. The van der Waals surface area contributed by atoms with Gasteiger partial charge in [-0.1, -0.05) is 0 Å². The van der Waals surface area contributed by atoms with Crippen molar-refractivity contribution in [3.63, 3.8) is 0 Å². The molecule has 0 spiro atoms. The molecule has 4 aromatic rings. The number of urea groups is 1. The molecule has 2 N–H and O–H groups in total. The summed E-state index contributed by atoms with van der Waals surface area (Å²) < 4.78 is 12.9. The highest BCUT2D eigenvalue weighted by Crippen LogP contribution is 2.23. The second kappa shape index (κ2) is 9.61. The predicted octanol–water partition coefficient (Wildman–Crippen LogP) is 4.81. The average Bonchev–Trinajstić information content (AvgIpc) is 3.31. The lowest BCUT2D eigenvalue weighted by Crippen LogP contribution is -2.19. The molecule has 0 bridgehead atoms. The van der Waals surface area contributed by atoms with Crippen molar-refractivity contribution in [2.45, 2.75) is 13.8 Å². The van der Waals surface area contributed by atoms with Crippen LogP contribution in [0, 0.1) is 6.92 Å². The topological polar surface area (TPSA) is 103 Å². The monoisotopic (exact) mass is 430 g/mol. The molecule has 32 heavy (non-hydrogen) atoms. The molecule has 162 valence electrons. The van der Waals surface area contributed by atoms with Crippen LogP contribution < -0.4 is 20.1 Å². The highest BCUT2D eigenvalue weighted by molar-refractivity contribution is 5.99. The Morgan fingerprint density at radius 3 is 2.22 bits per heavy atom. The van der Waals surface area contributed by atoms with E-state index in [1.165, 1.54) is 0 Å². The fourth-order valence-corrected chi connectivity index (χ4v) is 2.92. The standard InChI is InChI=1S/C23H22N6O3/c1-3-31-19-9-5-17(6-10-19)27-23(30)28-18-7-11-20(12-8-18)32-22-15-21(25-16(2)26-22)29-14-4-13-24-29/h4-15H,3H2,1-2H3,(H2,27,28,30). The van der Waals surface area contributed by atoms with Crippen molar-refractivity contribution in [1.29, 1.82) is 0 Å². The molecular weight excluding hydrogens is 408 g/mol. The van der Waals surface area contributed by atoms with Gasteiger partial charge in [0.15, 0.2) is 5.82 Å². The molecule has 2 aromatic heterocycles. The zero-order valence-corrected chi connectivity index (χ0v) is 17.6. The van der Waals surface area contributed by atoms with Crippen LogP contribution in [0.4, 0.5) is 16.2 Å². The highest BCUT2D eigenvalue weighted by Gasteiger charge is 2.08. The quantitative estimate of drug-likeness (QED) is 0.436. The molecule has 0 unspecified atom stereocenters. The van der Waals surface area contributed by atoms with Gasteiger partial charge in [0.25, 0.3) is 0 Å². The maximum atomic E-state index is 12.2. The number of benzene rings is 2. The van der Waals surface area contributed by atoms with Gasteiger partial charge in [-0.25, -0.2) is 14.5 Å². The number of hydrogen-bond donors (Lipinski definition) is 2. The van der Waals surface area contributed by atoms with Crippen molar-refractivity contribution in [3.05, 3.63) is 78.9 Å². The molecule has 0 saturated heterocycles. The van der Waals surface area contributed by atoms with Gasteiger partial charge in [0.1, 0.15) is 17.3 Å². The van der Waals surface area contributed by atoms with Crippen molar-refractivity contribution in [2.24, 2.45) is 0 Å². The van der Waals surface area contributed by atoms with Crippen LogP contribution in [0.3, 0.4) is 0 Å². The third-order valence-electron chi connectivity index (χ3n) is 4.30. The second-order valence-corrected chi connectivity index (χ2v) is 6.73. The van der Waals surface area contributed by atoms with Crippen LogP contribution in [-0.2, 0) is 0 Å². The van der Waals surface area contributed by atoms with Gasteiger partial charge in [0.2, 0.25) is 5.88 Å². The summed E-state index contributed by atoms with van der Waals surface area (Å²) in [6.07, 6.45) is 3.47. The first-order chi connectivity index (χ1) is 15.6. The van der Waals surface area contributed by atoms with E-state index in [0.717, 1.165) is 5.75 Å². The van der Waals surface area contributed by atoms with Gasteiger partial charge in [-0.3, -0.25) is 0 Å². The van der Waals surface area contributed by atoms with Gasteiger partial charge < -0.3 is 20.1 Å². The summed E-state index contributed by atoms with van der Waals surface area (Å²) in [5, 5.41) is 9.74. The molecule has 0 aliphatic heterocycles. The van der Waals surface area contributed by atoms with Crippen molar-refractivity contribution >= 4 is 17.4 Å². The Hall–Kier alpha value is -4.40. The molecule has 2 heterocycles. The number of ether oxygens (including phenoxy) is 2. The van der Waals surface area contributed by atoms with Crippen molar-refractivity contribution in [1.82, 2.24) is 19.7 Å². The van der Waals surface area contributed by atoms with Gasteiger partial charge in [-0.2, -0.15) is 10.1 Å². The van der Waals surface area contributed by atoms with E-state index in [1.54, 1.807) is 78.6 Å². The van der Waals surface area contributed by atoms with Gasteiger partial charge in [-0.15, -0.1) is 0 Å². The van der Waals surface area contributed by atoms with Crippen molar-refractivity contribution in [3.8, 4) is 23.2 Å². The van der Waals surface area contributed by atoms with Crippen LogP contribution in [-0.4, -0.2) is 32.4 Å². The van der Waals surface area contributed by atoms with Crippen LogP contribution in [0.1, 0.15) is 12.7 Å². The smallest absolute Gasteiger partial charge is 0.323 e. The van der Waals surface area contributed by atoms with Gasteiger partial charge in [0.05, 0.1) is 6.61 Å². The zero-order chi connectivity index (χ0) is 22.3. The number of aromatic nitrogens is 4. The first-order valence-corrected chi connectivity index (χ1v) is 10.0. The Labute approximate surface area is 185 Å². The first-order valence-electron chi connectivity index (χ1n) is 10.0. The number of anilines is 2. The summed E-state index contributed by atoms with van der Waals surface area (Å²) in [7, 11) is 0. The summed E-state index contributed by atoms with van der Waals surface area (Å²) in [4.78, 5) is 20.9. The SMILES string of the molecule is CCOc1ccc(NC(=O)Nc2ccc(Oc3cc(-n4cccn4)nc(C)n3)cc2)cc1. The van der Waals surface area contributed by atoms with Crippen molar-refractivity contribution < 1.29 is 14.3 Å². The van der Waals surface area contributed by atoms with Gasteiger partial charge in [0, 0.05) is 29.8 Å². The molecule has 2 aromatic carbocycles. The fourth-order valence-electron chi connectivity index (χ4n) is 2.92. The number of rotatable bonds is 7. The Balaban J connectivity index is 1.36. The minimum absolute atomic E-state index is 0.349. The van der Waals surface area contributed by atoms with E-state index in [-0.39, 0.29) is 6.03 Å². The maximum Gasteiger partial charge on any atom is 0.323 e. The zero-order valence-electron chi connectivity index (χ0n) is 17.6. The highest BCUT2D eigenvalue weighted by atomic mass is 16.5. The number of nitrogens with zero attached hydrogens (tertiary/aromatic N) is 4. The molecule has 0 aliphatic rings. The van der Waals surface area contributed by atoms with E-state index < -0.39 is 0 Å². The van der Waals surface area contributed by atoms with E-state index in [2.05, 4.69) is 25.7 Å². The summed E-state index contributed by atoms with van der Waals surface area (Å²) in [5.74, 6) is 2.91. The largest absolute Gasteiger partial charge is 0.494 e. The fraction of sp³-hybridized carbons (Fsp3) is 0.130. The first kappa shape index (κ1) is 20.9. The minimum Gasteiger partial charge on any atom is -0.494 e. The number of nitrogens with one attached hydrogen (secondary N) is 2. The number of amides is 2. The molecule has 9 nitrogen and oxygen atoms in total. The number of carbonyl (C=O) groups is 1. The maximum absolute atomic E-state index is 12.2. The Morgan fingerprint density at radius 2 is 1.62 bits per heavy atom. The van der Waals surface area contributed by atoms with Gasteiger partial charge >= 0.3 is 6.03 Å². The lowest BCUT2D eigenvalue weighted by molar-refractivity contribution is 0.262. The third-order valence-corrected chi connectivity index (χ3v) is 4.30. The van der Waals surface area contributed by atoms with E-state index in [1.807, 2.05) is 13.0 Å². The van der Waals surface area contributed by atoms with Gasteiger partial charge in [-0.05, 0) is 68.4 Å². The minimum atomic E-state index is -0.349. The lowest BCUT2D eigenvalue weighted by Gasteiger charge is -2.10. The predicted molar refractivity (Wildman–Crippen MR) is 121 cm³/mol. The van der Waals surface area contributed by atoms with E-state index >= 15 is 0 Å². The molecule has 9 heteroatoms. The summed E-state index contributed by atoms with van der Waals surface area (Å²) >= 11 is 0. The van der Waals surface area contributed by atoms with Crippen molar-refractivity contribution in [2.75, 3.05) is 17.2 Å². The van der Waals surface area contributed by atoms with Crippen LogP contribution in [0.5, 0.6) is 17.4 Å². The van der Waals surface area contributed by atoms with Crippen LogP contribution in [0.25, 0.3) is 5.82 Å². The molecule has 0 radical (unpaired) electrons.